The van der Waals surface area contributed by atoms with Gasteiger partial charge in [-0.1, -0.05) is 22.9 Å². The molecular formula is C12H21BrO3. The van der Waals surface area contributed by atoms with Gasteiger partial charge in [0.05, 0.1) is 24.9 Å². The number of hydrogen-bond donors (Lipinski definition) is 0. The largest absolute Gasteiger partial charge is 0.376 e. The number of rotatable bonds is 6. The molecule has 4 heteroatoms. The van der Waals surface area contributed by atoms with E-state index in [1.54, 1.807) is 0 Å². The van der Waals surface area contributed by atoms with Crippen molar-refractivity contribution >= 4 is 15.9 Å². The third-order valence-electron chi connectivity index (χ3n) is 3.21. The summed E-state index contributed by atoms with van der Waals surface area (Å²) in [7, 11) is 0. The number of halogens is 1. The summed E-state index contributed by atoms with van der Waals surface area (Å²) in [6, 6.07) is 0. The van der Waals surface area contributed by atoms with Crippen molar-refractivity contribution in [1.29, 1.82) is 0 Å². The Kier molecular flexibility index (Phi) is 5.07. The molecule has 0 aromatic carbocycles. The van der Waals surface area contributed by atoms with Crippen molar-refractivity contribution in [1.82, 2.24) is 0 Å². The Bertz CT molecular complexity index is 206. The molecular weight excluding hydrogens is 272 g/mol. The average Bonchev–Trinajstić information content (AvgIpc) is 2.77. The number of ether oxygens (including phenoxy) is 3. The lowest BCUT2D eigenvalue weighted by atomic mass is 9.91. The fourth-order valence-electron chi connectivity index (χ4n) is 2.16. The van der Waals surface area contributed by atoms with Crippen molar-refractivity contribution in [3.63, 3.8) is 0 Å². The average molecular weight is 293 g/mol. The fraction of sp³-hybridized carbons (Fsp3) is 1.00. The number of alkyl halides is 1. The first-order chi connectivity index (χ1) is 7.81. The molecule has 0 aromatic rings. The first-order valence-corrected chi connectivity index (χ1v) is 7.21. The third-order valence-corrected chi connectivity index (χ3v) is 4.11. The minimum Gasteiger partial charge on any atom is -0.376 e. The van der Waals surface area contributed by atoms with Crippen LogP contribution in [0.2, 0.25) is 0 Å². The van der Waals surface area contributed by atoms with E-state index in [1.165, 1.54) is 6.42 Å². The van der Waals surface area contributed by atoms with Crippen LogP contribution >= 0.6 is 15.9 Å². The van der Waals surface area contributed by atoms with E-state index < -0.39 is 0 Å². The van der Waals surface area contributed by atoms with Gasteiger partial charge in [-0.25, -0.2) is 0 Å². The molecule has 3 nitrogen and oxygen atoms in total. The van der Waals surface area contributed by atoms with E-state index in [9.17, 15) is 0 Å². The van der Waals surface area contributed by atoms with Gasteiger partial charge in [-0.05, 0) is 25.7 Å². The van der Waals surface area contributed by atoms with E-state index in [0.29, 0.717) is 10.9 Å². The van der Waals surface area contributed by atoms with Crippen LogP contribution in [-0.4, -0.2) is 43.0 Å². The Labute approximate surface area is 106 Å². The van der Waals surface area contributed by atoms with Gasteiger partial charge >= 0.3 is 0 Å². The quantitative estimate of drug-likeness (QED) is 0.704. The normalized spacial score (nSPS) is 38.6. The summed E-state index contributed by atoms with van der Waals surface area (Å²) in [6.07, 6.45) is 5.26. The maximum Gasteiger partial charge on any atom is 0.0962 e. The molecule has 94 valence electrons. The second-order valence-electron chi connectivity index (χ2n) is 4.59. The smallest absolute Gasteiger partial charge is 0.0962 e. The molecule has 16 heavy (non-hydrogen) atoms. The lowest BCUT2D eigenvalue weighted by Gasteiger charge is -2.41. The second-order valence-corrected chi connectivity index (χ2v) is 5.77. The van der Waals surface area contributed by atoms with Crippen LogP contribution in [0.5, 0.6) is 0 Å². The van der Waals surface area contributed by atoms with Crippen molar-refractivity contribution < 1.29 is 14.2 Å². The fourth-order valence-corrected chi connectivity index (χ4v) is 3.02. The van der Waals surface area contributed by atoms with E-state index in [1.807, 2.05) is 0 Å². The maximum absolute atomic E-state index is 5.86. The molecule has 0 aromatic heterocycles. The zero-order valence-electron chi connectivity index (χ0n) is 9.86. The van der Waals surface area contributed by atoms with Gasteiger partial charge in [-0.3, -0.25) is 0 Å². The highest BCUT2D eigenvalue weighted by molar-refractivity contribution is 9.09. The first-order valence-electron chi connectivity index (χ1n) is 6.30. The van der Waals surface area contributed by atoms with Crippen molar-refractivity contribution in [2.24, 2.45) is 0 Å². The third kappa shape index (κ3) is 3.19. The maximum atomic E-state index is 5.86. The summed E-state index contributed by atoms with van der Waals surface area (Å²) in [5, 5.41) is 0. The molecule has 0 bridgehead atoms. The van der Waals surface area contributed by atoms with Gasteiger partial charge in [0.15, 0.2) is 0 Å². The monoisotopic (exact) mass is 292 g/mol. The summed E-state index contributed by atoms with van der Waals surface area (Å²) >= 11 is 3.61. The molecule has 2 aliphatic rings. The Hall–Kier alpha value is 0.360. The van der Waals surface area contributed by atoms with Crippen LogP contribution in [-0.2, 0) is 14.2 Å². The van der Waals surface area contributed by atoms with E-state index in [4.69, 9.17) is 14.2 Å². The highest BCUT2D eigenvalue weighted by Crippen LogP contribution is 2.33. The van der Waals surface area contributed by atoms with E-state index in [-0.39, 0.29) is 12.2 Å². The van der Waals surface area contributed by atoms with Gasteiger partial charge in [0.2, 0.25) is 0 Å². The second kappa shape index (κ2) is 6.34. The van der Waals surface area contributed by atoms with Crippen LogP contribution < -0.4 is 0 Å². The van der Waals surface area contributed by atoms with Gasteiger partial charge in [0.25, 0.3) is 0 Å². The van der Waals surface area contributed by atoms with Gasteiger partial charge < -0.3 is 14.2 Å². The van der Waals surface area contributed by atoms with Gasteiger partial charge in [0, 0.05) is 18.0 Å². The SMILES string of the molecule is CCCOC1C(Br)CC1OCC1CCCO1. The van der Waals surface area contributed by atoms with Crippen molar-refractivity contribution in [3.05, 3.63) is 0 Å². The predicted octanol–water partition coefficient (Wildman–Crippen LogP) is 2.51. The highest BCUT2D eigenvalue weighted by Gasteiger charge is 2.41. The van der Waals surface area contributed by atoms with Crippen molar-refractivity contribution in [2.75, 3.05) is 19.8 Å². The van der Waals surface area contributed by atoms with Gasteiger partial charge in [0.1, 0.15) is 0 Å². The molecule has 2 fully saturated rings. The Balaban J connectivity index is 1.64. The van der Waals surface area contributed by atoms with E-state index in [0.717, 1.165) is 39.1 Å². The van der Waals surface area contributed by atoms with Gasteiger partial charge in [-0.15, -0.1) is 0 Å². The summed E-state index contributed by atoms with van der Waals surface area (Å²) in [4.78, 5) is 0.466. The van der Waals surface area contributed by atoms with Gasteiger partial charge in [-0.2, -0.15) is 0 Å². The number of hydrogen-bond acceptors (Lipinski definition) is 3. The molecule has 0 spiro atoms. The van der Waals surface area contributed by atoms with Crippen LogP contribution in [0.15, 0.2) is 0 Å². The minimum absolute atomic E-state index is 0.237. The summed E-state index contributed by atoms with van der Waals surface area (Å²) < 4.78 is 17.2. The Morgan fingerprint density at radius 1 is 1.38 bits per heavy atom. The van der Waals surface area contributed by atoms with E-state index in [2.05, 4.69) is 22.9 Å². The molecule has 1 heterocycles. The van der Waals surface area contributed by atoms with Crippen LogP contribution in [0.4, 0.5) is 0 Å². The Morgan fingerprint density at radius 2 is 2.25 bits per heavy atom. The molecule has 1 aliphatic carbocycles. The van der Waals surface area contributed by atoms with Crippen molar-refractivity contribution in [3.8, 4) is 0 Å². The zero-order valence-corrected chi connectivity index (χ0v) is 11.4. The van der Waals surface area contributed by atoms with Crippen LogP contribution in [0.3, 0.4) is 0 Å². The summed E-state index contributed by atoms with van der Waals surface area (Å²) in [5.41, 5.74) is 0. The topological polar surface area (TPSA) is 27.7 Å². The van der Waals surface area contributed by atoms with Crippen LogP contribution in [0.1, 0.15) is 32.6 Å². The molecule has 1 saturated carbocycles. The van der Waals surface area contributed by atoms with E-state index >= 15 is 0 Å². The first kappa shape index (κ1) is 12.8. The molecule has 0 amide bonds. The molecule has 0 N–H and O–H groups in total. The van der Waals surface area contributed by atoms with Crippen LogP contribution in [0.25, 0.3) is 0 Å². The lowest BCUT2D eigenvalue weighted by molar-refractivity contribution is -0.135. The molecule has 2 rings (SSSR count). The Morgan fingerprint density at radius 3 is 2.88 bits per heavy atom. The minimum atomic E-state index is 0.237. The molecule has 0 radical (unpaired) electrons. The molecule has 1 saturated heterocycles. The summed E-state index contributed by atoms with van der Waals surface area (Å²) in [5.74, 6) is 0. The standard InChI is InChI=1S/C12H21BrO3/c1-2-5-15-12-10(13)7-11(12)16-8-9-4-3-6-14-9/h9-12H,2-8H2,1H3. The zero-order chi connectivity index (χ0) is 11.4. The van der Waals surface area contributed by atoms with Crippen molar-refractivity contribution in [2.45, 2.75) is 55.7 Å². The molecule has 4 atom stereocenters. The molecule has 4 unspecified atom stereocenters. The predicted molar refractivity (Wildman–Crippen MR) is 66.1 cm³/mol. The van der Waals surface area contributed by atoms with Crippen LogP contribution in [0, 0.1) is 0 Å². The molecule has 1 aliphatic heterocycles. The highest BCUT2D eigenvalue weighted by atomic mass is 79.9. The summed E-state index contributed by atoms with van der Waals surface area (Å²) in [6.45, 7) is 4.59. The lowest BCUT2D eigenvalue weighted by Crippen LogP contribution is -2.51.